The highest BCUT2D eigenvalue weighted by molar-refractivity contribution is 7.48. The van der Waals surface area contributed by atoms with Crippen LogP contribution in [0.15, 0.2) is 60.7 Å². The van der Waals surface area contributed by atoms with Crippen LogP contribution in [0.5, 0.6) is 5.75 Å². The van der Waals surface area contributed by atoms with E-state index in [4.69, 9.17) is 0 Å². The number of aromatic hydroxyl groups is 1. The van der Waals surface area contributed by atoms with Crippen LogP contribution in [-0.4, -0.2) is 10.2 Å². The van der Waals surface area contributed by atoms with Gasteiger partial charge in [-0.05, 0) is 53.2 Å². The average molecular weight is 491 g/mol. The second-order valence-corrected chi connectivity index (χ2v) is 13.1. The molecule has 3 aromatic carbocycles. The second-order valence-electron chi connectivity index (χ2n) is 11.3. The van der Waals surface area contributed by atoms with Gasteiger partial charge in [-0.2, -0.15) is 0 Å². The van der Waals surface area contributed by atoms with Gasteiger partial charge in [0.25, 0.3) is 0 Å². The maximum Gasteiger partial charge on any atom is 0.122 e. The van der Waals surface area contributed by atoms with E-state index in [2.05, 4.69) is 71.9 Å². The van der Waals surface area contributed by atoms with Gasteiger partial charge in [0.15, 0.2) is 0 Å². The topological polar surface area (TPSA) is 40.5 Å². The molecule has 0 saturated heterocycles. The lowest BCUT2D eigenvalue weighted by Gasteiger charge is -2.34. The van der Waals surface area contributed by atoms with Crippen molar-refractivity contribution in [1.82, 2.24) is 0 Å². The van der Waals surface area contributed by atoms with Crippen molar-refractivity contribution in [2.45, 2.75) is 90.8 Å². The third-order valence-corrected chi connectivity index (χ3v) is 8.86. The van der Waals surface area contributed by atoms with E-state index in [-0.39, 0.29) is 10.6 Å². The average Bonchev–Trinajstić information content (AvgIpc) is 2.81. The molecule has 0 spiro atoms. The van der Waals surface area contributed by atoms with Gasteiger partial charge >= 0.3 is 0 Å². The number of rotatable bonds is 9. The first-order valence-corrected chi connectivity index (χ1v) is 13.9. The summed E-state index contributed by atoms with van der Waals surface area (Å²) >= 11 is 0. The van der Waals surface area contributed by atoms with Crippen LogP contribution in [0.25, 0.3) is 0 Å². The molecule has 3 rings (SSSR count). The lowest BCUT2D eigenvalue weighted by molar-refractivity contribution is 0.221. The number of phenols is 1. The summed E-state index contributed by atoms with van der Waals surface area (Å²) in [5, 5.41) is 23.6. The van der Waals surface area contributed by atoms with Gasteiger partial charge in [-0.15, -0.1) is 0 Å². The third-order valence-electron chi connectivity index (χ3n) is 7.07. The maximum absolute atomic E-state index is 11.4. The van der Waals surface area contributed by atoms with E-state index in [1.165, 1.54) is 17.3 Å². The van der Waals surface area contributed by atoms with Gasteiger partial charge in [0.2, 0.25) is 0 Å². The van der Waals surface area contributed by atoms with E-state index in [0.29, 0.717) is 14.3 Å². The first kappa shape index (κ1) is 27.4. The van der Waals surface area contributed by atoms with E-state index in [1.54, 1.807) is 0 Å². The van der Waals surface area contributed by atoms with Gasteiger partial charge in [-0.25, -0.2) is 0 Å². The van der Waals surface area contributed by atoms with Crippen LogP contribution < -0.4 is 5.30 Å². The Kier molecular flexibility index (Phi) is 8.84. The normalized spacial score (nSPS) is 14.9. The Morgan fingerprint density at radius 3 is 2.20 bits per heavy atom. The summed E-state index contributed by atoms with van der Waals surface area (Å²) in [6.07, 6.45) is 3.77. The van der Waals surface area contributed by atoms with E-state index in [1.807, 2.05) is 37.3 Å². The number of aliphatic hydroxyl groups is 1. The zero-order valence-electron chi connectivity index (χ0n) is 22.6. The molecule has 0 bridgehead atoms. The molecule has 0 amide bonds. The Balaban J connectivity index is 2.13. The van der Waals surface area contributed by atoms with Crippen LogP contribution in [0.4, 0.5) is 0 Å². The van der Waals surface area contributed by atoms with E-state index < -0.39 is 6.10 Å². The molecule has 3 unspecified atom stereocenters. The van der Waals surface area contributed by atoms with Gasteiger partial charge in [0, 0.05) is 10.7 Å². The Bertz CT molecular complexity index is 1130. The van der Waals surface area contributed by atoms with E-state index >= 15 is 0 Å². The van der Waals surface area contributed by atoms with Crippen molar-refractivity contribution in [1.29, 1.82) is 0 Å². The van der Waals surface area contributed by atoms with Crippen molar-refractivity contribution in [3.8, 4) is 5.75 Å². The van der Waals surface area contributed by atoms with Crippen molar-refractivity contribution < 1.29 is 10.2 Å². The molecule has 0 radical (unpaired) electrons. The number of hydrogen-bond acceptors (Lipinski definition) is 2. The molecule has 0 aromatic heterocycles. The predicted molar refractivity (Wildman–Crippen MR) is 153 cm³/mol. The fourth-order valence-corrected chi connectivity index (χ4v) is 6.50. The molecular formula is C32H43O2P. The molecule has 0 heterocycles. The minimum atomic E-state index is -0.672. The molecule has 0 aliphatic heterocycles. The van der Waals surface area contributed by atoms with Crippen molar-refractivity contribution in [3.63, 3.8) is 0 Å². The largest absolute Gasteiger partial charge is 0.507 e. The Morgan fingerprint density at radius 1 is 0.886 bits per heavy atom. The summed E-state index contributed by atoms with van der Waals surface area (Å²) < 4.78 is 0. The molecule has 0 saturated carbocycles. The van der Waals surface area contributed by atoms with E-state index in [0.717, 1.165) is 47.1 Å². The van der Waals surface area contributed by atoms with Gasteiger partial charge in [-0.3, -0.25) is 0 Å². The fraction of sp³-hybridized carbons (Fsp3) is 0.438. The van der Waals surface area contributed by atoms with Gasteiger partial charge in [0.05, 0.1) is 0 Å². The van der Waals surface area contributed by atoms with Crippen LogP contribution in [0.1, 0.15) is 99.8 Å². The quantitative estimate of drug-likeness (QED) is 0.234. The Hall–Kier alpha value is -2.15. The highest BCUT2D eigenvalue weighted by Gasteiger charge is 2.33. The first-order valence-electron chi connectivity index (χ1n) is 12.9. The molecule has 35 heavy (non-hydrogen) atoms. The van der Waals surface area contributed by atoms with Crippen LogP contribution in [0, 0.1) is 13.8 Å². The lowest BCUT2D eigenvalue weighted by atomic mass is 9.82. The standard InChI is InChI=1S/C32H43O2P/c1-8-9-13-18-32(7,27-21-25(31(4,5)6)20-23(3)29(27)33)35-28-17-16-22(2)19-26(28)30(34)24-14-11-10-12-15-24/h10-12,14-17,19-21,30,33-35H,8-9,13,18H2,1-7H3. The predicted octanol–water partition coefficient (Wildman–Crippen LogP) is 8.19. The number of phenolic OH excluding ortho intramolecular Hbond substituents is 1. The van der Waals surface area contributed by atoms with Gasteiger partial charge < -0.3 is 10.2 Å². The van der Waals surface area contributed by atoms with Gasteiger partial charge in [0.1, 0.15) is 11.9 Å². The number of aryl methyl sites for hydroxylation is 2. The molecular weight excluding hydrogens is 447 g/mol. The molecule has 3 aromatic rings. The molecule has 2 N–H and O–H groups in total. The first-order chi connectivity index (χ1) is 16.5. The summed E-state index contributed by atoms with van der Waals surface area (Å²) in [6.45, 7) is 15.3. The minimum Gasteiger partial charge on any atom is -0.507 e. The number of unbranched alkanes of at least 4 members (excludes halogenated alkanes) is 2. The van der Waals surface area contributed by atoms with Crippen molar-refractivity contribution >= 4 is 13.9 Å². The number of aliphatic hydroxyl groups excluding tert-OH is 1. The summed E-state index contributed by atoms with van der Waals surface area (Å²) in [5.74, 6) is 0.418. The number of benzene rings is 3. The van der Waals surface area contributed by atoms with Crippen LogP contribution in [-0.2, 0) is 10.6 Å². The molecule has 3 atom stereocenters. The number of hydrogen-bond donors (Lipinski definition) is 2. The monoisotopic (exact) mass is 490 g/mol. The zero-order valence-corrected chi connectivity index (χ0v) is 23.6. The van der Waals surface area contributed by atoms with Crippen molar-refractivity contribution in [2.75, 3.05) is 0 Å². The van der Waals surface area contributed by atoms with Crippen LogP contribution in [0.2, 0.25) is 0 Å². The molecule has 0 aliphatic carbocycles. The molecule has 2 nitrogen and oxygen atoms in total. The second kappa shape index (κ2) is 11.3. The summed E-state index contributed by atoms with van der Waals surface area (Å²) in [6, 6.07) is 20.7. The van der Waals surface area contributed by atoms with Crippen LogP contribution in [0.3, 0.4) is 0 Å². The van der Waals surface area contributed by atoms with Crippen molar-refractivity contribution in [2.24, 2.45) is 0 Å². The Morgan fingerprint density at radius 2 is 1.57 bits per heavy atom. The fourth-order valence-electron chi connectivity index (χ4n) is 4.76. The summed E-state index contributed by atoms with van der Waals surface area (Å²) in [7, 11) is 0.423. The lowest BCUT2D eigenvalue weighted by Crippen LogP contribution is -2.24. The molecule has 3 heteroatoms. The van der Waals surface area contributed by atoms with E-state index in [9.17, 15) is 10.2 Å². The highest BCUT2D eigenvalue weighted by atomic mass is 31.1. The molecule has 0 fully saturated rings. The highest BCUT2D eigenvalue weighted by Crippen LogP contribution is 2.50. The summed E-state index contributed by atoms with van der Waals surface area (Å²) in [5.41, 5.74) is 6.25. The van der Waals surface area contributed by atoms with Crippen LogP contribution >= 0.6 is 8.58 Å². The molecule has 188 valence electrons. The zero-order chi connectivity index (χ0) is 25.8. The summed E-state index contributed by atoms with van der Waals surface area (Å²) in [4.78, 5) is 0. The SMILES string of the molecule is CCCCCC(C)(Pc1ccc(C)cc1C(O)c1ccccc1)c1cc(C(C)(C)C)cc(C)c1O. The molecule has 0 aliphatic rings. The minimum absolute atomic E-state index is 0.000821. The Labute approximate surface area is 214 Å². The van der Waals surface area contributed by atoms with Gasteiger partial charge in [-0.1, -0.05) is 129 Å². The maximum atomic E-state index is 11.4. The smallest absolute Gasteiger partial charge is 0.122 e. The third kappa shape index (κ3) is 6.54. The van der Waals surface area contributed by atoms with Crippen molar-refractivity contribution in [3.05, 3.63) is 94.0 Å².